The van der Waals surface area contributed by atoms with Crippen LogP contribution in [0.4, 0.5) is 0 Å². The molecule has 148 valence electrons. The Hall–Kier alpha value is -3.32. The van der Waals surface area contributed by atoms with E-state index in [-0.39, 0.29) is 23.6 Å². The van der Waals surface area contributed by atoms with E-state index < -0.39 is 12.3 Å². The first-order chi connectivity index (χ1) is 14.0. The van der Waals surface area contributed by atoms with Crippen molar-refractivity contribution in [2.45, 2.75) is 39.0 Å². The number of nitrogens with zero attached hydrogens (tertiary/aromatic N) is 2. The molecule has 0 aromatic heterocycles. The van der Waals surface area contributed by atoms with Gasteiger partial charge in [-0.3, -0.25) is 34.3 Å². The molecule has 2 aliphatic heterocycles. The maximum atomic E-state index is 12.8. The molecule has 0 radical (unpaired) electrons. The minimum absolute atomic E-state index is 0.367. The maximum absolute atomic E-state index is 12.8. The van der Waals surface area contributed by atoms with Gasteiger partial charge in [0.25, 0.3) is 23.6 Å². The summed E-state index contributed by atoms with van der Waals surface area (Å²) >= 11 is 0. The van der Waals surface area contributed by atoms with E-state index in [9.17, 15) is 19.2 Å². The standard InChI is InChI=1S/C22H21N3O4/c1-3-17(24-19(26)13-9-5-6-10-14(13)20(24)27)23-18(4-2)25-21(28)15-11-7-8-12-16(15)22(25)29/h5-12,17-18,23H,3-4H2,1-2H3. The van der Waals surface area contributed by atoms with Crippen LogP contribution < -0.4 is 5.32 Å². The zero-order chi connectivity index (χ0) is 20.7. The molecule has 0 saturated carbocycles. The topological polar surface area (TPSA) is 86.8 Å². The molecule has 4 amide bonds. The summed E-state index contributed by atoms with van der Waals surface area (Å²) in [5.74, 6) is -1.49. The van der Waals surface area contributed by atoms with Crippen LogP contribution in [0.2, 0.25) is 0 Å². The van der Waals surface area contributed by atoms with Crippen LogP contribution in [0.1, 0.15) is 68.1 Å². The first-order valence-electron chi connectivity index (χ1n) is 9.69. The SMILES string of the molecule is CCC(NC(CC)N1C(=O)c2ccccc2C1=O)N1C(=O)c2ccccc2C1=O. The number of fused-ring (bicyclic) bond motifs is 2. The van der Waals surface area contributed by atoms with Crippen LogP contribution in [0.15, 0.2) is 48.5 Å². The summed E-state index contributed by atoms with van der Waals surface area (Å²) in [7, 11) is 0. The number of hydrogen-bond donors (Lipinski definition) is 1. The van der Waals surface area contributed by atoms with Gasteiger partial charge in [-0.25, -0.2) is 0 Å². The molecular weight excluding hydrogens is 370 g/mol. The fraction of sp³-hybridized carbons (Fsp3) is 0.273. The zero-order valence-corrected chi connectivity index (χ0v) is 16.2. The molecule has 29 heavy (non-hydrogen) atoms. The molecule has 2 aliphatic rings. The van der Waals surface area contributed by atoms with Crippen LogP contribution in [0.3, 0.4) is 0 Å². The first kappa shape index (κ1) is 19.0. The molecule has 2 aromatic rings. The molecule has 2 aromatic carbocycles. The Balaban J connectivity index is 1.60. The van der Waals surface area contributed by atoms with Crippen molar-refractivity contribution in [1.29, 1.82) is 0 Å². The minimum Gasteiger partial charge on any atom is -0.276 e. The van der Waals surface area contributed by atoms with Crippen LogP contribution in [0.25, 0.3) is 0 Å². The molecule has 0 bridgehead atoms. The average molecular weight is 391 g/mol. The van der Waals surface area contributed by atoms with Crippen molar-refractivity contribution >= 4 is 23.6 Å². The van der Waals surface area contributed by atoms with Gasteiger partial charge in [-0.05, 0) is 37.1 Å². The van der Waals surface area contributed by atoms with Gasteiger partial charge in [-0.2, -0.15) is 0 Å². The second kappa shape index (κ2) is 7.25. The van der Waals surface area contributed by atoms with E-state index in [4.69, 9.17) is 0 Å². The van der Waals surface area contributed by atoms with Crippen molar-refractivity contribution < 1.29 is 19.2 Å². The molecule has 1 N–H and O–H groups in total. The predicted molar refractivity (Wildman–Crippen MR) is 105 cm³/mol. The van der Waals surface area contributed by atoms with E-state index in [1.165, 1.54) is 9.80 Å². The quantitative estimate of drug-likeness (QED) is 0.765. The van der Waals surface area contributed by atoms with Crippen molar-refractivity contribution in [3.05, 3.63) is 70.8 Å². The van der Waals surface area contributed by atoms with Gasteiger partial charge >= 0.3 is 0 Å². The predicted octanol–water partition coefficient (Wildman–Crippen LogP) is 2.64. The Labute approximate surface area is 168 Å². The van der Waals surface area contributed by atoms with Crippen LogP contribution in [0.5, 0.6) is 0 Å². The van der Waals surface area contributed by atoms with Gasteiger partial charge in [0.15, 0.2) is 0 Å². The van der Waals surface area contributed by atoms with Crippen molar-refractivity contribution in [3.8, 4) is 0 Å². The van der Waals surface area contributed by atoms with Gasteiger partial charge in [0.2, 0.25) is 0 Å². The van der Waals surface area contributed by atoms with E-state index in [0.29, 0.717) is 35.1 Å². The third kappa shape index (κ3) is 2.86. The summed E-state index contributed by atoms with van der Waals surface area (Å²) in [5, 5.41) is 3.20. The lowest BCUT2D eigenvalue weighted by atomic mass is 10.1. The number of rotatable bonds is 6. The second-order valence-corrected chi connectivity index (χ2v) is 7.07. The summed E-state index contributed by atoms with van der Waals surface area (Å²) in [6.07, 6.45) is -0.413. The zero-order valence-electron chi connectivity index (χ0n) is 16.2. The first-order valence-corrected chi connectivity index (χ1v) is 9.69. The third-order valence-corrected chi connectivity index (χ3v) is 5.43. The molecule has 7 heteroatoms. The molecule has 4 rings (SSSR count). The average Bonchev–Trinajstić information content (AvgIpc) is 3.15. The maximum Gasteiger partial charge on any atom is 0.262 e. The van der Waals surface area contributed by atoms with Crippen molar-refractivity contribution in [2.75, 3.05) is 0 Å². The lowest BCUT2D eigenvalue weighted by molar-refractivity contribution is 0.0422. The number of imide groups is 2. The van der Waals surface area contributed by atoms with Gasteiger partial charge < -0.3 is 0 Å². The molecule has 0 spiro atoms. The van der Waals surface area contributed by atoms with E-state index in [0.717, 1.165) is 0 Å². The van der Waals surface area contributed by atoms with Gasteiger partial charge in [0, 0.05) is 0 Å². The molecule has 0 fully saturated rings. The third-order valence-electron chi connectivity index (χ3n) is 5.43. The van der Waals surface area contributed by atoms with Crippen LogP contribution in [-0.2, 0) is 0 Å². The number of hydrogen-bond acceptors (Lipinski definition) is 5. The Bertz CT molecular complexity index is 881. The van der Waals surface area contributed by atoms with E-state index >= 15 is 0 Å². The molecule has 2 heterocycles. The summed E-state index contributed by atoms with van der Waals surface area (Å²) in [6.45, 7) is 3.69. The highest BCUT2D eigenvalue weighted by Gasteiger charge is 2.43. The normalized spacial score (nSPS) is 17.6. The largest absolute Gasteiger partial charge is 0.276 e. The Morgan fingerprint density at radius 3 is 1.14 bits per heavy atom. The monoisotopic (exact) mass is 391 g/mol. The highest BCUT2D eigenvalue weighted by molar-refractivity contribution is 6.22. The lowest BCUT2D eigenvalue weighted by Crippen LogP contribution is -2.57. The van der Waals surface area contributed by atoms with Crippen LogP contribution >= 0.6 is 0 Å². The summed E-state index contributed by atoms with van der Waals surface area (Å²) in [4.78, 5) is 53.7. The second-order valence-electron chi connectivity index (χ2n) is 7.07. The number of carbonyl (C=O) groups is 4. The lowest BCUT2D eigenvalue weighted by Gasteiger charge is -2.33. The van der Waals surface area contributed by atoms with E-state index in [1.54, 1.807) is 48.5 Å². The van der Waals surface area contributed by atoms with Crippen LogP contribution in [-0.4, -0.2) is 45.8 Å². The number of benzene rings is 2. The summed E-state index contributed by atoms with van der Waals surface area (Å²) < 4.78 is 0. The Morgan fingerprint density at radius 1 is 0.621 bits per heavy atom. The highest BCUT2D eigenvalue weighted by atomic mass is 16.2. The highest BCUT2D eigenvalue weighted by Crippen LogP contribution is 2.28. The number of amides is 4. The smallest absolute Gasteiger partial charge is 0.262 e. The summed E-state index contributed by atoms with van der Waals surface area (Å²) in [5.41, 5.74) is 1.47. The van der Waals surface area contributed by atoms with Crippen molar-refractivity contribution in [2.24, 2.45) is 0 Å². The van der Waals surface area contributed by atoms with Crippen LogP contribution in [0, 0.1) is 0 Å². The number of carbonyl (C=O) groups excluding carboxylic acids is 4. The molecule has 0 aliphatic carbocycles. The van der Waals surface area contributed by atoms with E-state index in [1.807, 2.05) is 13.8 Å². The minimum atomic E-state index is -0.642. The van der Waals surface area contributed by atoms with E-state index in [2.05, 4.69) is 5.32 Å². The molecular formula is C22H21N3O4. The Kier molecular flexibility index (Phi) is 4.76. The number of nitrogens with one attached hydrogen (secondary N) is 1. The fourth-order valence-corrected chi connectivity index (χ4v) is 3.95. The van der Waals surface area contributed by atoms with Gasteiger partial charge in [-0.15, -0.1) is 0 Å². The van der Waals surface area contributed by atoms with Gasteiger partial charge in [0.05, 0.1) is 34.6 Å². The molecule has 0 saturated heterocycles. The van der Waals surface area contributed by atoms with Gasteiger partial charge in [-0.1, -0.05) is 38.1 Å². The molecule has 7 nitrogen and oxygen atoms in total. The molecule has 2 unspecified atom stereocenters. The summed E-state index contributed by atoms with van der Waals surface area (Å²) in [6, 6.07) is 13.4. The van der Waals surface area contributed by atoms with Crippen molar-refractivity contribution in [3.63, 3.8) is 0 Å². The van der Waals surface area contributed by atoms with Crippen molar-refractivity contribution in [1.82, 2.24) is 15.1 Å². The Morgan fingerprint density at radius 2 is 0.897 bits per heavy atom. The fourth-order valence-electron chi connectivity index (χ4n) is 3.95. The molecule has 2 atom stereocenters. The van der Waals surface area contributed by atoms with Gasteiger partial charge in [0.1, 0.15) is 0 Å².